The maximum atomic E-state index is 15.2. The number of rotatable bonds is 20. The number of hydrogen-bond acceptors (Lipinski definition) is 21. The van der Waals surface area contributed by atoms with Crippen LogP contribution in [0.25, 0.3) is 10.9 Å². The van der Waals surface area contributed by atoms with Crippen LogP contribution in [0.3, 0.4) is 0 Å². The predicted molar refractivity (Wildman–Crippen MR) is 335 cm³/mol. The van der Waals surface area contributed by atoms with Crippen LogP contribution in [0.2, 0.25) is 0 Å². The van der Waals surface area contributed by atoms with Crippen LogP contribution in [-0.2, 0) is 84.9 Å². The lowest BCUT2D eigenvalue weighted by Gasteiger charge is -2.41. The second-order valence-electron chi connectivity index (χ2n) is 23.8. The van der Waals surface area contributed by atoms with Gasteiger partial charge in [-0.3, -0.25) is 72.5 Å². The minimum absolute atomic E-state index is 0.233. The number of carbonyl (C=O) groups is 14. The third-order valence-corrected chi connectivity index (χ3v) is 17.7. The first-order valence-corrected chi connectivity index (χ1v) is 31.7. The summed E-state index contributed by atoms with van der Waals surface area (Å²) in [6.45, 7) is 5.54. The number of ether oxygens (including phenoxy) is 1. The van der Waals surface area contributed by atoms with Crippen molar-refractivity contribution >= 4 is 112 Å². The lowest BCUT2D eigenvalue weighted by Crippen LogP contribution is -2.68. The molecule has 1 saturated heterocycles. The SMILES string of the molecule is CC[C@H](C)[C@@H]1NC(=O)CNC(=O)C2Cc3c([nH]c4ccccc34)SCC(NC(=O)CNC1=O)C(=O)N[C@@H](CCC(=O)NOCc1ccc(NC(=O)[C@H](C)NC(=O)C(NC(=O)OCN3C(=O)C=CC3=O)C(C)C)cc1)C(=O)N1C[C@H](O)C[C@@]1(C=O)N[C@@H]([C@@H](C)[C@@H](O)CO)C(=O)N2. The van der Waals surface area contributed by atoms with E-state index in [9.17, 15) is 77.6 Å². The molecule has 33 nitrogen and oxygen atoms in total. The summed E-state index contributed by atoms with van der Waals surface area (Å²) in [5.41, 5.74) is 1.64. The van der Waals surface area contributed by atoms with Gasteiger partial charge in [0.25, 0.3) is 11.8 Å². The molecule has 34 heteroatoms. The summed E-state index contributed by atoms with van der Waals surface area (Å²) >= 11 is 0.997. The average Bonchev–Trinajstić information content (AvgIpc) is 1.66. The zero-order valence-corrected chi connectivity index (χ0v) is 53.8. The van der Waals surface area contributed by atoms with Gasteiger partial charge in [0, 0.05) is 66.2 Å². The van der Waals surface area contributed by atoms with E-state index in [1.165, 1.54) is 38.1 Å². The molecule has 0 radical (unpaired) electrons. The minimum atomic E-state index is -2.34. The number of aromatic nitrogens is 1. The number of H-pyrrole nitrogens is 1. The van der Waals surface area contributed by atoms with Crippen molar-refractivity contribution in [1.82, 2.24) is 68.1 Å². The van der Waals surface area contributed by atoms with Crippen molar-refractivity contribution < 1.29 is 92.0 Å². The molecule has 95 heavy (non-hydrogen) atoms. The van der Waals surface area contributed by atoms with Gasteiger partial charge in [-0.25, -0.2) is 15.2 Å². The molecule has 0 spiro atoms. The topological polar surface area (TPSA) is 473 Å². The van der Waals surface area contributed by atoms with Crippen LogP contribution >= 0.6 is 11.8 Å². The van der Waals surface area contributed by atoms with E-state index in [0.29, 0.717) is 38.4 Å². The lowest BCUT2D eigenvalue weighted by molar-refractivity contribution is -0.147. The van der Waals surface area contributed by atoms with Gasteiger partial charge in [0.2, 0.25) is 59.1 Å². The van der Waals surface area contributed by atoms with Crippen LogP contribution in [0, 0.1) is 17.8 Å². The number of carbonyl (C=O) groups excluding carboxylic acids is 14. The second-order valence-corrected chi connectivity index (χ2v) is 24.8. The number of nitrogens with zero attached hydrogens (tertiary/aromatic N) is 2. The molecular formula is C61H80N14O19S. The van der Waals surface area contributed by atoms with Gasteiger partial charge in [-0.05, 0) is 54.5 Å². The van der Waals surface area contributed by atoms with Crippen LogP contribution in [0.15, 0.2) is 65.7 Å². The number of amides is 13. The summed E-state index contributed by atoms with van der Waals surface area (Å²) in [6.07, 6.45) is -3.65. The summed E-state index contributed by atoms with van der Waals surface area (Å²) in [4.78, 5) is 201. The largest absolute Gasteiger partial charge is 0.428 e. The van der Waals surface area contributed by atoms with Gasteiger partial charge in [-0.15, -0.1) is 11.8 Å². The van der Waals surface area contributed by atoms with E-state index >= 15 is 4.79 Å². The number of anilines is 1. The highest BCUT2D eigenvalue weighted by Crippen LogP contribution is 2.33. The summed E-state index contributed by atoms with van der Waals surface area (Å²) < 4.78 is 4.96. The molecule has 15 N–H and O–H groups in total. The van der Waals surface area contributed by atoms with E-state index in [2.05, 4.69) is 63.6 Å². The van der Waals surface area contributed by atoms with E-state index in [1.807, 2.05) is 0 Å². The van der Waals surface area contributed by atoms with Crippen LogP contribution in [0.5, 0.6) is 0 Å². The van der Waals surface area contributed by atoms with Crippen LogP contribution in [-0.4, -0.2) is 212 Å². The lowest BCUT2D eigenvalue weighted by atomic mass is 9.92. The number of nitrogens with one attached hydrogen (secondary N) is 12. The van der Waals surface area contributed by atoms with E-state index in [4.69, 9.17) is 9.57 Å². The van der Waals surface area contributed by atoms with Crippen molar-refractivity contribution in [3.8, 4) is 0 Å². The van der Waals surface area contributed by atoms with Crippen LogP contribution < -0.4 is 58.6 Å². The fraction of sp³-hybridized carbons (Fsp3) is 0.508. The van der Waals surface area contributed by atoms with Gasteiger partial charge in [-0.2, -0.15) is 0 Å². The molecule has 4 aliphatic rings. The maximum absolute atomic E-state index is 15.2. The van der Waals surface area contributed by atoms with Crippen molar-refractivity contribution in [3.05, 3.63) is 71.8 Å². The molecule has 2 aromatic carbocycles. The van der Waals surface area contributed by atoms with Gasteiger partial charge in [0.1, 0.15) is 36.3 Å². The number of imide groups is 1. The number of hydrogen-bond donors (Lipinski definition) is 15. The molecule has 0 saturated carbocycles. The molecule has 5 heterocycles. The number of thioether (sulfide) groups is 1. The van der Waals surface area contributed by atoms with Crippen LogP contribution in [0.4, 0.5) is 10.5 Å². The van der Waals surface area contributed by atoms with Gasteiger partial charge < -0.3 is 77.8 Å². The molecule has 3 unspecified atom stereocenters. The number of benzene rings is 2. The highest BCUT2D eigenvalue weighted by molar-refractivity contribution is 7.99. The first-order chi connectivity index (χ1) is 45.1. The maximum Gasteiger partial charge on any atom is 0.409 e. The predicted octanol–water partition coefficient (Wildman–Crippen LogP) is -3.41. The monoisotopic (exact) mass is 1340 g/mol. The molecule has 1 aromatic heterocycles. The summed E-state index contributed by atoms with van der Waals surface area (Å²) in [5.74, 6) is -12.8. The van der Waals surface area contributed by atoms with Gasteiger partial charge >= 0.3 is 6.09 Å². The molecule has 3 aromatic rings. The third kappa shape index (κ3) is 19.0. The fourth-order valence-electron chi connectivity index (χ4n) is 10.8. The number of para-hydroxylation sites is 1. The van der Waals surface area contributed by atoms with Crippen molar-refractivity contribution in [1.29, 1.82) is 0 Å². The molecule has 13 amide bonds. The Kier molecular flexibility index (Phi) is 25.5. The quantitative estimate of drug-likeness (QED) is 0.0298. The zero-order valence-electron chi connectivity index (χ0n) is 52.9. The van der Waals surface area contributed by atoms with E-state index in [1.54, 1.807) is 52.0 Å². The van der Waals surface area contributed by atoms with Crippen LogP contribution in [0.1, 0.15) is 78.4 Å². The van der Waals surface area contributed by atoms with Crippen molar-refractivity contribution in [2.45, 2.75) is 145 Å². The first kappa shape index (κ1) is 73.1. The first-order valence-electron chi connectivity index (χ1n) is 30.7. The highest BCUT2D eigenvalue weighted by Gasteiger charge is 2.53. The molecule has 4 aliphatic heterocycles. The Labute approximate surface area is 548 Å². The zero-order chi connectivity index (χ0) is 69.4. The van der Waals surface area contributed by atoms with Gasteiger partial charge in [0.05, 0.1) is 49.6 Å². The van der Waals surface area contributed by atoms with Crippen molar-refractivity contribution in [2.75, 3.05) is 44.0 Å². The molecule has 1 fully saturated rings. The average molecular weight is 1350 g/mol. The summed E-state index contributed by atoms with van der Waals surface area (Å²) in [7, 11) is 0. The van der Waals surface area contributed by atoms with E-state index in [-0.39, 0.29) is 30.8 Å². The fourth-order valence-corrected chi connectivity index (χ4v) is 11.9. The number of aliphatic hydroxyl groups excluding tert-OH is 3. The van der Waals surface area contributed by atoms with Gasteiger partial charge in [-0.1, -0.05) is 71.4 Å². The van der Waals surface area contributed by atoms with Crippen molar-refractivity contribution in [2.24, 2.45) is 17.8 Å². The second kappa shape index (κ2) is 33.2. The molecule has 514 valence electrons. The minimum Gasteiger partial charge on any atom is -0.428 e. The molecular weight excluding hydrogens is 1260 g/mol. The molecule has 0 aliphatic carbocycles. The molecule has 12 atom stereocenters. The molecule has 7 rings (SSSR count). The Morgan fingerprint density at radius 2 is 1.47 bits per heavy atom. The number of aliphatic hydroxyl groups is 3. The Balaban J connectivity index is 1.11. The Hall–Kier alpha value is -9.35. The van der Waals surface area contributed by atoms with E-state index < -0.39 is 207 Å². The Bertz CT molecular complexity index is 3420. The number of aldehydes is 1. The number of alkyl carbamates (subject to hydrolysis) is 1. The highest BCUT2D eigenvalue weighted by atomic mass is 32.2. The summed E-state index contributed by atoms with van der Waals surface area (Å²) in [6, 6.07) is 2.72. The standard InChI is InChI=1S/C61H80N14O19S/c1-7-31(4)50-55(88)63-22-45(81)66-42-27-95-58-38(37-10-8-9-11-39(37)69-58)20-41(53(86)62-23-46(82)70-50)68-57(90)51(32(5)43(79)25-76)72-61(28-77)21-36(78)24-75(61)59(91)40(67-54(42)87)16-17-44(80)73-94-26-34-12-14-35(15-13-34)65-52(85)33(6)64-56(89)49(30(2)3)71-60(92)93-29-74-47(83)18-19-48(74)84/h8-15,18-19,28,30-33,36,40-43,49-51,69,72,76,78-79H,7,16-17,20-27,29H2,1-6H3,(H,62,86)(H,63,88)(H,64,89)(H,65,85)(H,66,81)(H,67,87)(H,68,90)(H,70,82)(H,71,92)(H,73,80)/t31-,32-,33-,36+,40-,41?,42?,43-,49?,50-,51-,61+/m0/s1. The number of fused-ring (bicyclic) bond motifs is 5. The summed E-state index contributed by atoms with van der Waals surface area (Å²) in [5, 5.41) is 59.4. The number of hydroxylamine groups is 1. The van der Waals surface area contributed by atoms with E-state index in [0.717, 1.165) is 28.8 Å². The molecule has 2 bridgehead atoms. The normalized spacial score (nSPS) is 24.1. The Morgan fingerprint density at radius 3 is 2.14 bits per heavy atom. The number of aromatic amines is 1. The van der Waals surface area contributed by atoms with Gasteiger partial charge in [0.15, 0.2) is 18.7 Å². The van der Waals surface area contributed by atoms with Crippen molar-refractivity contribution in [3.63, 3.8) is 0 Å². The Morgan fingerprint density at radius 1 is 0.800 bits per heavy atom. The smallest absolute Gasteiger partial charge is 0.409 e. The third-order valence-electron chi connectivity index (χ3n) is 16.5.